The second kappa shape index (κ2) is 37.3. The molecule has 9 amide bonds. The number of hydrogen-bond acceptors (Lipinski definition) is 31. The quantitative estimate of drug-likeness (QED) is 0.0390. The third-order valence-corrected chi connectivity index (χ3v) is 23.5. The number of aromatic nitrogens is 28. The number of rotatable bonds is 18. The van der Waals surface area contributed by atoms with Crippen molar-refractivity contribution in [2.45, 2.75) is 12.8 Å². The van der Waals surface area contributed by atoms with Gasteiger partial charge in [-0.15, -0.1) is 0 Å². The number of sulfonamides is 1. The zero-order valence-electron chi connectivity index (χ0n) is 74.0. The lowest BCUT2D eigenvalue weighted by Crippen LogP contribution is -2.48. The number of aromatic amines is 8. The molecule has 0 aromatic carbocycles. The normalized spacial score (nSPS) is 13.1. The number of nitrogens with one attached hydrogen (secondary N) is 12. The molecule has 139 heavy (non-hydrogen) atoms. The molecule has 0 aliphatic carbocycles. The molecule has 22 heterocycles. The number of imidazole rings is 4. The van der Waals surface area contributed by atoms with Crippen LogP contribution in [0.1, 0.15) is 54.3 Å². The fourth-order valence-electron chi connectivity index (χ4n) is 15.7. The molecule has 0 radical (unpaired) electrons. The number of likely N-dealkylation sites (N-methyl/N-ethyl adjacent to an activating group) is 1. The molecular formula is C89H80N40O9S. The smallest absolute Gasteiger partial charge is 0.321 e. The van der Waals surface area contributed by atoms with Gasteiger partial charge in [-0.25, -0.2) is 57.9 Å². The molecular weight excluding hydrogens is 1810 g/mol. The van der Waals surface area contributed by atoms with Crippen molar-refractivity contribution in [1.82, 2.24) is 160 Å². The molecule has 50 heteroatoms. The first kappa shape index (κ1) is 89.3. The Hall–Kier alpha value is -18.9. The molecule has 0 unspecified atom stereocenters. The molecule has 2 aliphatic heterocycles. The highest BCUT2D eigenvalue weighted by Crippen LogP contribution is 2.37. The van der Waals surface area contributed by atoms with Crippen LogP contribution in [0.15, 0.2) is 172 Å². The number of anilines is 4. The van der Waals surface area contributed by atoms with Gasteiger partial charge in [-0.1, -0.05) is 0 Å². The average molecular weight is 1890 g/mol. The van der Waals surface area contributed by atoms with E-state index in [9.17, 15) is 42.0 Å². The lowest BCUT2D eigenvalue weighted by molar-refractivity contribution is -0.121. The minimum Gasteiger partial charge on any atom is -0.365 e. The topological polar surface area (TPSA) is 703 Å². The number of likely N-dealkylation sites (tertiary alicyclic amines) is 1. The number of nitrogens with two attached hydrogens (primary N) is 4. The van der Waals surface area contributed by atoms with Gasteiger partial charge in [-0.05, 0) is 88.6 Å². The summed E-state index contributed by atoms with van der Waals surface area (Å²) >= 11 is 0. The van der Waals surface area contributed by atoms with Gasteiger partial charge < -0.3 is 78.4 Å². The van der Waals surface area contributed by atoms with E-state index in [0.29, 0.717) is 171 Å². The molecule has 20 N–H and O–H groups in total. The Morgan fingerprint density at radius 2 is 0.647 bits per heavy atom. The summed E-state index contributed by atoms with van der Waals surface area (Å²) in [6.07, 6.45) is 34.2. The number of urea groups is 2. The molecule has 22 rings (SSSR count). The Kier molecular flexibility index (Phi) is 24.0. The third-order valence-electron chi connectivity index (χ3n) is 22.9. The van der Waals surface area contributed by atoms with Gasteiger partial charge in [0.25, 0.3) is 23.6 Å². The molecule has 0 bridgehead atoms. The summed E-state index contributed by atoms with van der Waals surface area (Å²) in [6.45, 7) is 4.88. The third kappa shape index (κ3) is 18.9. The lowest BCUT2D eigenvalue weighted by Gasteiger charge is -2.32. The largest absolute Gasteiger partial charge is 0.365 e. The fourth-order valence-corrected chi connectivity index (χ4v) is 16.2. The molecule has 696 valence electrons. The predicted octanol–water partition coefficient (Wildman–Crippen LogP) is 7.75. The van der Waals surface area contributed by atoms with Crippen LogP contribution >= 0.6 is 0 Å². The Labute approximate surface area is 782 Å². The van der Waals surface area contributed by atoms with Crippen molar-refractivity contribution >= 4 is 163 Å². The second-order valence-corrected chi connectivity index (χ2v) is 34.5. The number of nitrogens with zero attached hydrogens (tertiary/aromatic N) is 24. The Morgan fingerprint density at radius 1 is 0.360 bits per heavy atom. The van der Waals surface area contributed by atoms with E-state index in [0.717, 1.165) is 89.4 Å². The number of piperidine rings is 1. The van der Waals surface area contributed by atoms with Crippen LogP contribution in [0.25, 0.3) is 179 Å². The van der Waals surface area contributed by atoms with Crippen molar-refractivity contribution in [1.29, 1.82) is 0 Å². The zero-order chi connectivity index (χ0) is 96.6. The summed E-state index contributed by atoms with van der Waals surface area (Å²) in [7, 11) is 3.99. The average Bonchev–Trinajstić information content (AvgIpc) is 1.60. The molecule has 20 aromatic heterocycles. The molecule has 0 atom stereocenters. The van der Waals surface area contributed by atoms with Crippen LogP contribution < -0.4 is 43.6 Å². The van der Waals surface area contributed by atoms with Gasteiger partial charge in [-0.2, -0.15) is 20.4 Å². The van der Waals surface area contributed by atoms with Gasteiger partial charge in [0.1, 0.15) is 44.8 Å². The van der Waals surface area contributed by atoms with Gasteiger partial charge in [0.05, 0.1) is 144 Å². The van der Waals surface area contributed by atoms with E-state index < -0.39 is 33.7 Å². The van der Waals surface area contributed by atoms with Gasteiger partial charge >= 0.3 is 12.1 Å². The zero-order valence-corrected chi connectivity index (χ0v) is 74.8. The van der Waals surface area contributed by atoms with Crippen molar-refractivity contribution in [2.75, 3.05) is 94.4 Å². The van der Waals surface area contributed by atoms with Gasteiger partial charge in [0, 0.05) is 165 Å². The Balaban J connectivity index is 0.000000118. The van der Waals surface area contributed by atoms with Gasteiger partial charge in [-0.3, -0.25) is 89.0 Å². The first-order valence-corrected chi connectivity index (χ1v) is 44.4. The maximum absolute atomic E-state index is 12.8. The number of piperazine rings is 1. The summed E-state index contributed by atoms with van der Waals surface area (Å²) < 4.78 is 25.4. The summed E-state index contributed by atoms with van der Waals surface area (Å²) in [5.74, 6) is -0.593. The van der Waals surface area contributed by atoms with Crippen molar-refractivity contribution < 1.29 is 42.0 Å². The van der Waals surface area contributed by atoms with E-state index in [1.807, 2.05) is 49.5 Å². The lowest BCUT2D eigenvalue weighted by atomic mass is 9.96. The number of pyridine rings is 12. The highest BCUT2D eigenvalue weighted by Gasteiger charge is 2.28. The monoisotopic (exact) mass is 1880 g/mol. The number of primary amides is 4. The minimum absolute atomic E-state index is 0.000418. The number of fused-ring (bicyclic) bond motifs is 8. The fraction of sp³-hybridized carbons (Fsp3) is 0.157. The van der Waals surface area contributed by atoms with E-state index in [4.69, 9.17) is 22.9 Å². The number of amides is 9. The van der Waals surface area contributed by atoms with Crippen LogP contribution in [0.2, 0.25) is 0 Å². The standard InChI is InChI=1S/C25H24N10O2.C24H23N11O2.C21H18N10O2.C19H15N9O3S/c1-35-4-2-13(3-5-35)25(37)30-16-6-14(8-27-10-16)15-7-17-21(33-34-23(17)29-9-15)24-31-19-12-28-11-18(22(26)36)20(19)32-24;1-34-2-4-35(5-3-34)24(37)29-15-6-13(8-26-10-15)14-7-16-20(32-33-22(16)28-9-14)23-30-18-12-27-11-17(21(25)36)19(18)31-23;1-31(2)21(33)26-12-3-10(5-23-7-12)11-4-13-17(29-30-19(13)25-6-11)20-27-15-9-24-8-14(18(22)32)16(15)28-20;1-32(30,31)28-11-2-9(4-21-6-11)10-3-12-16(26-27-18(12)23-5-10)19-24-14-8-22-7-13(17(20)29)15(14)25-19/h6-13H,2-5H2,1H3,(H2,26,36)(H,30,37)(H,31,32)(H,29,33,34);6-12H,2-5H2,1H3,(H2,25,36)(H,29,37)(H,30,31)(H,28,32,33);3-9H,1-2H3,(H2,22,32)(H,26,33)(H,27,28)(H,25,29,30);2-8,28H,1H3,(H2,20,29)(H,24,25)(H,23,26,27). The first-order valence-electron chi connectivity index (χ1n) is 42.5. The molecule has 0 spiro atoms. The maximum Gasteiger partial charge on any atom is 0.321 e. The van der Waals surface area contributed by atoms with Crippen LogP contribution in [-0.2, 0) is 14.8 Å². The van der Waals surface area contributed by atoms with Crippen molar-refractivity contribution in [2.24, 2.45) is 28.9 Å². The van der Waals surface area contributed by atoms with Crippen molar-refractivity contribution in [3.63, 3.8) is 0 Å². The number of hydrogen-bond donors (Lipinski definition) is 16. The SMILES string of the molecule is CN(C)C(=O)Nc1cncc(-c2cnc3n[nH]c(-c4nc5c(C(N)=O)cncc5[nH]4)c3c2)c1.CN1CCC(C(=O)Nc2cncc(-c3cnc4n[nH]c(-c5nc6c(C(N)=O)cncc6[nH]5)c4c3)c2)CC1.CN1CCN(C(=O)Nc2cncc(-c3cnc4n[nH]c(-c5nc6c(C(N)=O)cncc6[nH]5)c4c3)c2)CC1.CS(=O)(=O)Nc1cncc(-c2cnc3n[nH]c(-c4nc5c(C(N)=O)cncc5[nH]4)c3c2)c1. The minimum atomic E-state index is -3.44. The van der Waals surface area contributed by atoms with E-state index in [1.165, 1.54) is 35.9 Å². The van der Waals surface area contributed by atoms with Crippen LogP contribution in [0.5, 0.6) is 0 Å². The summed E-state index contributed by atoms with van der Waals surface area (Å²) in [5, 5.41) is 40.4. The number of carbonyl (C=O) groups excluding carboxylic acids is 7. The van der Waals surface area contributed by atoms with Gasteiger partial charge in [0.15, 0.2) is 45.9 Å². The van der Waals surface area contributed by atoms with Crippen molar-refractivity contribution in [3.05, 3.63) is 195 Å². The maximum atomic E-state index is 12.8. The summed E-state index contributed by atoms with van der Waals surface area (Å²) in [6, 6.07) is 14.4. The molecule has 2 saturated heterocycles. The molecule has 49 nitrogen and oxygen atoms in total. The van der Waals surface area contributed by atoms with Gasteiger partial charge in [0.2, 0.25) is 15.9 Å². The van der Waals surface area contributed by atoms with Crippen LogP contribution in [0.3, 0.4) is 0 Å². The predicted molar refractivity (Wildman–Crippen MR) is 512 cm³/mol. The molecule has 2 aliphatic rings. The van der Waals surface area contributed by atoms with Crippen LogP contribution in [0, 0.1) is 5.92 Å². The molecule has 0 saturated carbocycles. The van der Waals surface area contributed by atoms with E-state index >= 15 is 0 Å². The second-order valence-electron chi connectivity index (χ2n) is 32.7. The highest BCUT2D eigenvalue weighted by molar-refractivity contribution is 7.92. The van der Waals surface area contributed by atoms with E-state index in [-0.39, 0.29) is 46.1 Å². The summed E-state index contributed by atoms with van der Waals surface area (Å²) in [5.41, 5.74) is 39.1. The number of carbonyl (C=O) groups is 7. The molecule has 2 fully saturated rings. The highest BCUT2D eigenvalue weighted by atomic mass is 32.2. The number of H-pyrrole nitrogens is 8. The Bertz CT molecular complexity index is 8140. The molecule has 20 aromatic rings. The van der Waals surface area contributed by atoms with E-state index in [2.05, 4.69) is 178 Å². The summed E-state index contributed by atoms with van der Waals surface area (Å²) in [4.78, 5) is 174. The van der Waals surface area contributed by atoms with E-state index in [1.54, 1.807) is 118 Å². The Morgan fingerprint density at radius 3 is 0.964 bits per heavy atom. The van der Waals surface area contributed by atoms with Crippen LogP contribution in [-0.4, -0.2) is 284 Å². The van der Waals surface area contributed by atoms with Crippen molar-refractivity contribution in [3.8, 4) is 90.6 Å². The first-order chi connectivity index (χ1) is 67.1. The van der Waals surface area contributed by atoms with Crippen LogP contribution in [0.4, 0.5) is 32.3 Å².